The van der Waals surface area contributed by atoms with Gasteiger partial charge in [0.25, 0.3) is 0 Å². The number of rotatable bonds is 4. The van der Waals surface area contributed by atoms with E-state index in [1.54, 1.807) is 12.4 Å². The molecule has 0 fully saturated rings. The van der Waals surface area contributed by atoms with Gasteiger partial charge < -0.3 is 4.90 Å². The molecule has 0 N–H and O–H groups in total. The van der Waals surface area contributed by atoms with E-state index in [1.807, 2.05) is 55.4 Å². The van der Waals surface area contributed by atoms with Gasteiger partial charge in [0.1, 0.15) is 5.71 Å². The van der Waals surface area contributed by atoms with Crippen molar-refractivity contribution in [2.45, 2.75) is 0 Å². The third-order valence-electron chi connectivity index (χ3n) is 2.69. The van der Waals surface area contributed by atoms with Crippen LogP contribution in [-0.4, -0.2) is 46.2 Å². The first kappa shape index (κ1) is 14.3. The lowest BCUT2D eigenvalue weighted by atomic mass is 10.1. The smallest absolute Gasteiger partial charge is 0.109 e. The molecule has 0 spiro atoms. The molecular formula is C15H16N4S. The van der Waals surface area contributed by atoms with E-state index in [1.165, 1.54) is 0 Å². The first-order valence-electron chi connectivity index (χ1n) is 6.26. The van der Waals surface area contributed by atoms with Crippen LogP contribution in [0.2, 0.25) is 0 Å². The maximum absolute atomic E-state index is 5.27. The molecule has 5 heteroatoms. The molecule has 0 aliphatic carbocycles. The van der Waals surface area contributed by atoms with Crippen molar-refractivity contribution in [3.8, 4) is 0 Å². The van der Waals surface area contributed by atoms with Crippen molar-refractivity contribution in [3.05, 3.63) is 60.2 Å². The summed E-state index contributed by atoms with van der Waals surface area (Å²) < 4.78 is 0. The average molecular weight is 284 g/mol. The maximum Gasteiger partial charge on any atom is 0.109 e. The Hall–Kier alpha value is -2.14. The van der Waals surface area contributed by atoms with Crippen LogP contribution < -0.4 is 0 Å². The number of aliphatic imine (C=N–C) groups is 1. The molecule has 2 aromatic rings. The lowest BCUT2D eigenvalue weighted by Gasteiger charge is -2.12. The van der Waals surface area contributed by atoms with Crippen LogP contribution in [0, 0.1) is 0 Å². The van der Waals surface area contributed by atoms with E-state index in [0.29, 0.717) is 6.54 Å². The minimum Gasteiger partial charge on any atom is -0.371 e. The van der Waals surface area contributed by atoms with Crippen LogP contribution in [0.5, 0.6) is 0 Å². The molecule has 0 bridgehead atoms. The molecule has 0 aromatic carbocycles. The predicted octanol–water partition coefficient (Wildman–Crippen LogP) is 2.20. The second-order valence-electron chi connectivity index (χ2n) is 4.38. The maximum atomic E-state index is 5.27. The van der Waals surface area contributed by atoms with Gasteiger partial charge in [0.05, 0.1) is 22.9 Å². The molecule has 0 radical (unpaired) electrons. The molecule has 20 heavy (non-hydrogen) atoms. The number of likely N-dealkylation sites (N-methyl/N-ethyl adjacent to an activating group) is 1. The number of nitrogens with zero attached hydrogens (tertiary/aromatic N) is 4. The Morgan fingerprint density at radius 3 is 2.00 bits per heavy atom. The van der Waals surface area contributed by atoms with Gasteiger partial charge in [-0.3, -0.25) is 15.0 Å². The molecule has 0 aliphatic heterocycles. The SMILES string of the molecule is CN(C)C(=S)CN=C(c1ccccn1)c1ccccn1. The number of pyridine rings is 2. The van der Waals surface area contributed by atoms with Crippen LogP contribution in [0.15, 0.2) is 53.8 Å². The highest BCUT2D eigenvalue weighted by Crippen LogP contribution is 2.06. The quantitative estimate of drug-likeness (QED) is 0.637. The Morgan fingerprint density at radius 2 is 1.60 bits per heavy atom. The Labute approximate surface area is 124 Å². The van der Waals surface area contributed by atoms with Crippen LogP contribution in [0.1, 0.15) is 11.4 Å². The fraction of sp³-hybridized carbons (Fsp3) is 0.200. The number of thiocarbonyl (C=S) groups is 1. The highest BCUT2D eigenvalue weighted by molar-refractivity contribution is 7.80. The molecule has 0 saturated heterocycles. The van der Waals surface area contributed by atoms with Gasteiger partial charge in [-0.2, -0.15) is 0 Å². The van der Waals surface area contributed by atoms with Gasteiger partial charge in [0.15, 0.2) is 0 Å². The fourth-order valence-electron chi connectivity index (χ4n) is 1.59. The molecule has 0 atom stereocenters. The van der Waals surface area contributed by atoms with E-state index in [2.05, 4.69) is 15.0 Å². The highest BCUT2D eigenvalue weighted by atomic mass is 32.1. The monoisotopic (exact) mass is 284 g/mol. The summed E-state index contributed by atoms with van der Waals surface area (Å²) in [4.78, 5) is 16.0. The summed E-state index contributed by atoms with van der Waals surface area (Å²) in [5, 5.41) is 0. The zero-order valence-electron chi connectivity index (χ0n) is 11.5. The Kier molecular flexibility index (Phi) is 4.90. The van der Waals surface area contributed by atoms with Gasteiger partial charge in [-0.15, -0.1) is 0 Å². The topological polar surface area (TPSA) is 41.4 Å². The lowest BCUT2D eigenvalue weighted by molar-refractivity contribution is 0.626. The van der Waals surface area contributed by atoms with Crippen molar-refractivity contribution >= 4 is 22.9 Å². The molecular weight excluding hydrogens is 268 g/mol. The minimum atomic E-state index is 0.449. The normalized spacial score (nSPS) is 9.90. The number of aromatic nitrogens is 2. The molecule has 0 saturated carbocycles. The lowest BCUT2D eigenvalue weighted by Crippen LogP contribution is -2.23. The summed E-state index contributed by atoms with van der Waals surface area (Å²) >= 11 is 5.27. The average Bonchev–Trinajstić information content (AvgIpc) is 2.49. The van der Waals surface area contributed by atoms with Crippen LogP contribution in [0.3, 0.4) is 0 Å². The summed E-state index contributed by atoms with van der Waals surface area (Å²) in [5.41, 5.74) is 2.36. The zero-order chi connectivity index (χ0) is 14.4. The third-order valence-corrected chi connectivity index (χ3v) is 3.18. The van der Waals surface area contributed by atoms with Crippen molar-refractivity contribution in [1.29, 1.82) is 0 Å². The van der Waals surface area contributed by atoms with Gasteiger partial charge in [0, 0.05) is 26.5 Å². The summed E-state index contributed by atoms with van der Waals surface area (Å²) in [6, 6.07) is 11.5. The fourth-order valence-corrected chi connectivity index (χ4v) is 1.65. The Bertz CT molecular complexity index is 552. The van der Waals surface area contributed by atoms with E-state index >= 15 is 0 Å². The van der Waals surface area contributed by atoms with Crippen molar-refractivity contribution in [2.75, 3.05) is 20.6 Å². The van der Waals surface area contributed by atoms with Crippen LogP contribution in [-0.2, 0) is 0 Å². The molecule has 0 aliphatic rings. The molecule has 2 aromatic heterocycles. The van der Waals surface area contributed by atoms with Crippen LogP contribution in [0.4, 0.5) is 0 Å². The highest BCUT2D eigenvalue weighted by Gasteiger charge is 2.09. The largest absolute Gasteiger partial charge is 0.371 e. The molecule has 0 unspecified atom stereocenters. The van der Waals surface area contributed by atoms with Crippen LogP contribution >= 0.6 is 12.2 Å². The van der Waals surface area contributed by atoms with Gasteiger partial charge in [-0.05, 0) is 24.3 Å². The van der Waals surface area contributed by atoms with Gasteiger partial charge >= 0.3 is 0 Å². The van der Waals surface area contributed by atoms with E-state index in [-0.39, 0.29) is 0 Å². The van der Waals surface area contributed by atoms with E-state index in [4.69, 9.17) is 12.2 Å². The van der Waals surface area contributed by atoms with Crippen molar-refractivity contribution < 1.29 is 0 Å². The number of hydrogen-bond donors (Lipinski definition) is 0. The first-order chi connectivity index (χ1) is 9.68. The zero-order valence-corrected chi connectivity index (χ0v) is 12.3. The molecule has 0 amide bonds. The van der Waals surface area contributed by atoms with Crippen molar-refractivity contribution in [2.24, 2.45) is 4.99 Å². The van der Waals surface area contributed by atoms with Crippen molar-refractivity contribution in [1.82, 2.24) is 14.9 Å². The standard InChI is InChI=1S/C15H16N4S/c1-19(2)14(20)11-18-15(12-7-3-5-9-16-12)13-8-4-6-10-17-13/h3-10H,11H2,1-2H3. The van der Waals surface area contributed by atoms with Gasteiger partial charge in [-0.25, -0.2) is 0 Å². The van der Waals surface area contributed by atoms with E-state index in [0.717, 1.165) is 22.1 Å². The van der Waals surface area contributed by atoms with Gasteiger partial charge in [0.2, 0.25) is 0 Å². The predicted molar refractivity (Wildman–Crippen MR) is 85.3 cm³/mol. The van der Waals surface area contributed by atoms with Crippen LogP contribution in [0.25, 0.3) is 0 Å². The summed E-state index contributed by atoms with van der Waals surface area (Å²) in [6.45, 7) is 0.449. The van der Waals surface area contributed by atoms with E-state index in [9.17, 15) is 0 Å². The Morgan fingerprint density at radius 1 is 1.05 bits per heavy atom. The van der Waals surface area contributed by atoms with Gasteiger partial charge in [-0.1, -0.05) is 24.4 Å². The van der Waals surface area contributed by atoms with E-state index < -0.39 is 0 Å². The summed E-state index contributed by atoms with van der Waals surface area (Å²) in [6.07, 6.45) is 3.50. The van der Waals surface area contributed by atoms with Crippen molar-refractivity contribution in [3.63, 3.8) is 0 Å². The summed E-state index contributed by atoms with van der Waals surface area (Å²) in [7, 11) is 3.83. The summed E-state index contributed by atoms with van der Waals surface area (Å²) in [5.74, 6) is 0. The molecule has 102 valence electrons. The second kappa shape index (κ2) is 6.86. The molecule has 2 heterocycles. The third kappa shape index (κ3) is 3.68. The second-order valence-corrected chi connectivity index (χ2v) is 4.85. The molecule has 2 rings (SSSR count). The molecule has 4 nitrogen and oxygen atoms in total. The minimum absolute atomic E-state index is 0.449. The number of hydrogen-bond acceptors (Lipinski definition) is 4. The first-order valence-corrected chi connectivity index (χ1v) is 6.66. The Balaban J connectivity index is 2.35.